The van der Waals surface area contributed by atoms with Gasteiger partial charge in [-0.1, -0.05) is 0 Å². The molecule has 4 nitrogen and oxygen atoms in total. The number of hydrogen-bond acceptors (Lipinski definition) is 3. The predicted octanol–water partition coefficient (Wildman–Crippen LogP) is 2.67. The number of nitrogens with zero attached hydrogens (tertiary/aromatic N) is 1. The minimum atomic E-state index is -0.311. The molecule has 1 aliphatic rings. The van der Waals surface area contributed by atoms with Crippen LogP contribution in [0.4, 0.5) is 5.69 Å². The SMILES string of the molecule is CC1CN(C(=O)c2ccc(Br)c(N)c2)CC(C)(C)O1. The number of nitrogen functional groups attached to an aromatic ring is 1. The second kappa shape index (κ2) is 5.13. The molecule has 2 N–H and O–H groups in total. The Morgan fingerprint density at radius 1 is 1.53 bits per heavy atom. The lowest BCUT2D eigenvalue weighted by Gasteiger charge is -2.41. The fraction of sp³-hybridized carbons (Fsp3) is 0.500. The van der Waals surface area contributed by atoms with E-state index in [1.807, 2.05) is 25.7 Å². The molecule has 1 amide bonds. The quantitative estimate of drug-likeness (QED) is 0.807. The molecule has 1 unspecified atom stereocenters. The highest BCUT2D eigenvalue weighted by atomic mass is 79.9. The molecule has 104 valence electrons. The van der Waals surface area contributed by atoms with Gasteiger partial charge in [0.1, 0.15) is 0 Å². The highest BCUT2D eigenvalue weighted by Crippen LogP contribution is 2.25. The molecule has 1 aromatic carbocycles. The van der Waals surface area contributed by atoms with E-state index >= 15 is 0 Å². The molecule has 1 aromatic rings. The van der Waals surface area contributed by atoms with Crippen molar-refractivity contribution in [3.63, 3.8) is 0 Å². The maximum Gasteiger partial charge on any atom is 0.254 e. The molecular formula is C14H19BrN2O2. The second-order valence-corrected chi connectivity index (χ2v) is 6.46. The van der Waals surface area contributed by atoms with Crippen molar-refractivity contribution in [3.05, 3.63) is 28.2 Å². The summed E-state index contributed by atoms with van der Waals surface area (Å²) in [5.41, 5.74) is 6.71. The van der Waals surface area contributed by atoms with Gasteiger partial charge in [0.15, 0.2) is 0 Å². The molecule has 0 saturated carbocycles. The number of rotatable bonds is 1. The van der Waals surface area contributed by atoms with Gasteiger partial charge in [-0.15, -0.1) is 0 Å². The van der Waals surface area contributed by atoms with Crippen molar-refractivity contribution in [3.8, 4) is 0 Å². The van der Waals surface area contributed by atoms with Crippen molar-refractivity contribution in [2.75, 3.05) is 18.8 Å². The van der Waals surface area contributed by atoms with Crippen LogP contribution in [0.15, 0.2) is 22.7 Å². The van der Waals surface area contributed by atoms with Crippen molar-refractivity contribution in [2.45, 2.75) is 32.5 Å². The van der Waals surface area contributed by atoms with Crippen LogP contribution < -0.4 is 5.73 Å². The van der Waals surface area contributed by atoms with E-state index in [0.717, 1.165) is 4.47 Å². The number of nitrogens with two attached hydrogens (primary N) is 1. The Morgan fingerprint density at radius 3 is 2.79 bits per heavy atom. The molecule has 1 saturated heterocycles. The number of amides is 1. The van der Waals surface area contributed by atoms with Gasteiger partial charge in [-0.3, -0.25) is 4.79 Å². The van der Waals surface area contributed by atoms with Crippen LogP contribution in [0.25, 0.3) is 0 Å². The lowest BCUT2D eigenvalue weighted by molar-refractivity contribution is -0.118. The molecule has 1 atom stereocenters. The van der Waals surface area contributed by atoms with Crippen LogP contribution >= 0.6 is 15.9 Å². The Labute approximate surface area is 122 Å². The van der Waals surface area contributed by atoms with Crippen LogP contribution in [0.5, 0.6) is 0 Å². The Hall–Kier alpha value is -1.07. The fourth-order valence-electron chi connectivity index (χ4n) is 2.47. The highest BCUT2D eigenvalue weighted by molar-refractivity contribution is 9.10. The summed E-state index contributed by atoms with van der Waals surface area (Å²) in [7, 11) is 0. The van der Waals surface area contributed by atoms with E-state index in [4.69, 9.17) is 10.5 Å². The van der Waals surface area contributed by atoms with Gasteiger partial charge in [0, 0.05) is 28.8 Å². The number of anilines is 1. The summed E-state index contributed by atoms with van der Waals surface area (Å²) in [4.78, 5) is 14.3. The van der Waals surface area contributed by atoms with E-state index in [2.05, 4.69) is 15.9 Å². The van der Waals surface area contributed by atoms with Gasteiger partial charge in [-0.05, 0) is 54.9 Å². The summed E-state index contributed by atoms with van der Waals surface area (Å²) < 4.78 is 6.61. The number of hydrogen-bond donors (Lipinski definition) is 1. The minimum absolute atomic E-state index is 0.00225. The maximum atomic E-state index is 12.5. The molecule has 19 heavy (non-hydrogen) atoms. The first-order valence-corrected chi connectivity index (χ1v) is 7.10. The molecule has 2 rings (SSSR count). The molecule has 1 fully saturated rings. The first kappa shape index (κ1) is 14.3. The highest BCUT2D eigenvalue weighted by Gasteiger charge is 2.34. The number of carbonyl (C=O) groups is 1. The van der Waals surface area contributed by atoms with Gasteiger partial charge in [-0.25, -0.2) is 0 Å². The predicted molar refractivity (Wildman–Crippen MR) is 79.1 cm³/mol. The van der Waals surface area contributed by atoms with Gasteiger partial charge in [0.2, 0.25) is 0 Å². The lowest BCUT2D eigenvalue weighted by atomic mass is 10.0. The summed E-state index contributed by atoms with van der Waals surface area (Å²) in [5, 5.41) is 0. The topological polar surface area (TPSA) is 55.6 Å². The van der Waals surface area contributed by atoms with E-state index in [1.165, 1.54) is 0 Å². The zero-order valence-corrected chi connectivity index (χ0v) is 13.0. The third kappa shape index (κ3) is 3.28. The van der Waals surface area contributed by atoms with Crippen molar-refractivity contribution < 1.29 is 9.53 Å². The summed E-state index contributed by atoms with van der Waals surface area (Å²) in [5.74, 6) is 0.00225. The number of halogens is 1. The number of morpholine rings is 1. The zero-order chi connectivity index (χ0) is 14.2. The normalized spacial score (nSPS) is 22.3. The molecular weight excluding hydrogens is 308 g/mol. The summed E-state index contributed by atoms with van der Waals surface area (Å²) >= 11 is 3.33. The Balaban J connectivity index is 2.21. The van der Waals surface area contributed by atoms with Gasteiger partial charge in [0.25, 0.3) is 5.91 Å². The Morgan fingerprint density at radius 2 is 2.21 bits per heavy atom. The van der Waals surface area contributed by atoms with Crippen molar-refractivity contribution in [1.82, 2.24) is 4.90 Å². The van der Waals surface area contributed by atoms with Crippen molar-refractivity contribution >= 4 is 27.5 Å². The average Bonchev–Trinajstić information content (AvgIpc) is 2.29. The van der Waals surface area contributed by atoms with Crippen molar-refractivity contribution in [1.29, 1.82) is 0 Å². The summed E-state index contributed by atoms with van der Waals surface area (Å²) in [6.07, 6.45) is 0.0421. The molecule has 0 aliphatic carbocycles. The third-order valence-electron chi connectivity index (χ3n) is 3.10. The van der Waals surface area contributed by atoms with Crippen LogP contribution in [-0.2, 0) is 4.74 Å². The zero-order valence-electron chi connectivity index (χ0n) is 11.4. The van der Waals surface area contributed by atoms with Crippen LogP contribution in [0.1, 0.15) is 31.1 Å². The number of ether oxygens (including phenoxy) is 1. The van der Waals surface area contributed by atoms with E-state index < -0.39 is 0 Å². The van der Waals surface area contributed by atoms with Crippen LogP contribution in [0.3, 0.4) is 0 Å². The van der Waals surface area contributed by atoms with Gasteiger partial charge in [-0.2, -0.15) is 0 Å². The van der Waals surface area contributed by atoms with Gasteiger partial charge in [0.05, 0.1) is 11.7 Å². The summed E-state index contributed by atoms with van der Waals surface area (Å²) in [6.45, 7) is 7.18. The van der Waals surface area contributed by atoms with Gasteiger partial charge < -0.3 is 15.4 Å². The molecule has 0 bridgehead atoms. The van der Waals surface area contributed by atoms with E-state index in [9.17, 15) is 4.79 Å². The molecule has 0 spiro atoms. The van der Waals surface area contributed by atoms with Gasteiger partial charge >= 0.3 is 0 Å². The minimum Gasteiger partial charge on any atom is -0.398 e. The number of carbonyl (C=O) groups excluding carboxylic acids is 1. The van der Waals surface area contributed by atoms with E-state index in [1.54, 1.807) is 18.2 Å². The van der Waals surface area contributed by atoms with E-state index in [-0.39, 0.29) is 17.6 Å². The average molecular weight is 327 g/mol. The largest absolute Gasteiger partial charge is 0.398 e. The van der Waals surface area contributed by atoms with Crippen LogP contribution in [0.2, 0.25) is 0 Å². The lowest BCUT2D eigenvalue weighted by Crippen LogP contribution is -2.53. The fourth-order valence-corrected chi connectivity index (χ4v) is 2.71. The molecule has 1 aliphatic heterocycles. The second-order valence-electron chi connectivity index (χ2n) is 5.61. The first-order valence-electron chi connectivity index (χ1n) is 6.30. The summed E-state index contributed by atoms with van der Waals surface area (Å²) in [6, 6.07) is 5.30. The molecule has 1 heterocycles. The smallest absolute Gasteiger partial charge is 0.254 e. The Kier molecular flexibility index (Phi) is 3.87. The standard InChI is InChI=1S/C14H19BrN2O2/c1-9-7-17(8-14(2,3)19-9)13(18)10-4-5-11(15)12(16)6-10/h4-6,9H,7-8,16H2,1-3H3. The number of benzene rings is 1. The molecule has 0 aromatic heterocycles. The maximum absolute atomic E-state index is 12.5. The molecule has 0 radical (unpaired) electrons. The van der Waals surface area contributed by atoms with E-state index in [0.29, 0.717) is 24.3 Å². The van der Waals surface area contributed by atoms with Crippen molar-refractivity contribution in [2.24, 2.45) is 0 Å². The first-order chi connectivity index (χ1) is 8.78. The third-order valence-corrected chi connectivity index (χ3v) is 3.82. The Bertz CT molecular complexity index is 502. The van der Waals surface area contributed by atoms with Crippen LogP contribution in [-0.4, -0.2) is 35.6 Å². The molecule has 5 heteroatoms. The monoisotopic (exact) mass is 326 g/mol. The van der Waals surface area contributed by atoms with Crippen LogP contribution in [0, 0.1) is 0 Å².